The number of H-pyrrole nitrogens is 1. The smallest absolute Gasteiger partial charge is 0.417 e. The number of hydrogen-bond donors (Lipinski definition) is 3. The van der Waals surface area contributed by atoms with Gasteiger partial charge in [0.25, 0.3) is 5.91 Å². The van der Waals surface area contributed by atoms with Crippen LogP contribution in [0.25, 0.3) is 22.0 Å². The van der Waals surface area contributed by atoms with E-state index in [4.69, 9.17) is 11.6 Å². The van der Waals surface area contributed by atoms with Crippen molar-refractivity contribution in [3.63, 3.8) is 0 Å². The largest absolute Gasteiger partial charge is 0.477 e. The molecule has 3 N–H and O–H groups in total. The number of carbonyl (C=O) groups is 2. The number of rotatable bonds is 4. The summed E-state index contributed by atoms with van der Waals surface area (Å²) in [4.78, 5) is 27.0. The highest BCUT2D eigenvalue weighted by atomic mass is 35.5. The Morgan fingerprint density at radius 1 is 0.969 bits per heavy atom. The summed E-state index contributed by atoms with van der Waals surface area (Å²) in [7, 11) is 0. The van der Waals surface area contributed by atoms with Crippen molar-refractivity contribution in [2.45, 2.75) is 6.18 Å². The molecule has 0 spiro atoms. The summed E-state index contributed by atoms with van der Waals surface area (Å²) in [5.74, 6) is -2.22. The standard InChI is InChI=1S/C23H14ClF3N2O3/c24-19-15-11-13(9-10-17(15)29-20(19)22(31)32)28-21(30)18-14(12-5-2-1-3-6-12)7-4-8-16(18)23(25,26)27/h1-11,29H,(H,28,30)(H,31,32). The molecule has 0 unspecified atom stereocenters. The summed E-state index contributed by atoms with van der Waals surface area (Å²) in [6.45, 7) is 0. The van der Waals surface area contributed by atoms with Gasteiger partial charge in [0.05, 0.1) is 16.1 Å². The molecule has 32 heavy (non-hydrogen) atoms. The van der Waals surface area contributed by atoms with Crippen molar-refractivity contribution in [3.8, 4) is 11.1 Å². The lowest BCUT2D eigenvalue weighted by Crippen LogP contribution is -2.20. The van der Waals surface area contributed by atoms with Gasteiger partial charge in [-0.2, -0.15) is 13.2 Å². The molecule has 5 nitrogen and oxygen atoms in total. The van der Waals surface area contributed by atoms with E-state index in [1.807, 2.05) is 0 Å². The Morgan fingerprint density at radius 2 is 1.69 bits per heavy atom. The number of carboxylic acid groups (broad SMARTS) is 1. The number of benzene rings is 3. The number of aromatic nitrogens is 1. The van der Waals surface area contributed by atoms with Gasteiger partial charge in [-0.3, -0.25) is 4.79 Å². The van der Waals surface area contributed by atoms with Crippen LogP contribution in [0.5, 0.6) is 0 Å². The Kier molecular flexibility index (Phi) is 5.40. The molecule has 4 aromatic rings. The number of amides is 1. The quantitative estimate of drug-likeness (QED) is 0.328. The van der Waals surface area contributed by atoms with Gasteiger partial charge in [-0.05, 0) is 35.4 Å². The van der Waals surface area contributed by atoms with Crippen molar-refractivity contribution in [2.75, 3.05) is 5.32 Å². The average molecular weight is 459 g/mol. The minimum Gasteiger partial charge on any atom is -0.477 e. The summed E-state index contributed by atoms with van der Waals surface area (Å²) in [6.07, 6.45) is -4.75. The van der Waals surface area contributed by atoms with Crippen LogP contribution in [0.3, 0.4) is 0 Å². The Hall–Kier alpha value is -3.78. The van der Waals surface area contributed by atoms with Crippen molar-refractivity contribution in [1.29, 1.82) is 0 Å². The minimum absolute atomic E-state index is 0.0655. The molecule has 0 radical (unpaired) electrons. The predicted molar refractivity (Wildman–Crippen MR) is 115 cm³/mol. The molecule has 0 saturated heterocycles. The third-order valence-electron chi connectivity index (χ3n) is 4.89. The zero-order valence-electron chi connectivity index (χ0n) is 16.1. The summed E-state index contributed by atoms with van der Waals surface area (Å²) >= 11 is 6.09. The lowest BCUT2D eigenvalue weighted by Gasteiger charge is -2.17. The number of aromatic carboxylic acids is 1. The van der Waals surface area contributed by atoms with Crippen molar-refractivity contribution >= 4 is 40.1 Å². The first-order chi connectivity index (χ1) is 15.2. The van der Waals surface area contributed by atoms with E-state index in [2.05, 4.69) is 10.3 Å². The molecule has 1 aromatic heterocycles. The van der Waals surface area contributed by atoms with Gasteiger partial charge in [-0.1, -0.05) is 54.1 Å². The van der Waals surface area contributed by atoms with Crippen molar-refractivity contribution in [3.05, 3.63) is 88.6 Å². The van der Waals surface area contributed by atoms with E-state index in [1.165, 1.54) is 30.3 Å². The Morgan fingerprint density at radius 3 is 2.34 bits per heavy atom. The molecule has 0 bridgehead atoms. The second-order valence-corrected chi connectivity index (χ2v) is 7.30. The number of alkyl halides is 3. The molecule has 0 fully saturated rings. The maximum Gasteiger partial charge on any atom is 0.417 e. The van der Waals surface area contributed by atoms with Gasteiger partial charge in [0.15, 0.2) is 0 Å². The first kappa shape index (κ1) is 21.5. The summed E-state index contributed by atoms with van der Waals surface area (Å²) in [5.41, 5.74) is -0.643. The molecule has 0 aliphatic heterocycles. The van der Waals surface area contributed by atoms with Crippen molar-refractivity contribution < 1.29 is 27.9 Å². The first-order valence-corrected chi connectivity index (χ1v) is 9.66. The molecular formula is C23H14ClF3N2O3. The van der Waals surface area contributed by atoms with Gasteiger partial charge >= 0.3 is 12.1 Å². The van der Waals surface area contributed by atoms with Crippen LogP contribution in [0.2, 0.25) is 5.02 Å². The highest BCUT2D eigenvalue weighted by Gasteiger charge is 2.36. The third kappa shape index (κ3) is 3.92. The molecule has 0 aliphatic rings. The zero-order chi connectivity index (χ0) is 23.0. The van der Waals surface area contributed by atoms with E-state index in [-0.39, 0.29) is 22.0 Å². The molecule has 4 rings (SSSR count). The molecule has 0 atom stereocenters. The Bertz CT molecular complexity index is 1350. The molecule has 162 valence electrons. The maximum absolute atomic E-state index is 13.7. The van der Waals surface area contributed by atoms with Gasteiger partial charge < -0.3 is 15.4 Å². The lowest BCUT2D eigenvalue weighted by molar-refractivity contribution is -0.137. The topological polar surface area (TPSA) is 82.2 Å². The molecule has 1 amide bonds. The van der Waals surface area contributed by atoms with Gasteiger partial charge in [0.2, 0.25) is 0 Å². The Labute approximate surface area is 184 Å². The number of carbonyl (C=O) groups excluding carboxylic acids is 1. The van der Waals surface area contributed by atoms with Crippen LogP contribution >= 0.6 is 11.6 Å². The van der Waals surface area contributed by atoms with E-state index < -0.39 is 29.2 Å². The summed E-state index contributed by atoms with van der Waals surface area (Å²) in [6, 6.07) is 16.2. The first-order valence-electron chi connectivity index (χ1n) is 9.28. The van der Waals surface area contributed by atoms with Crippen LogP contribution in [-0.4, -0.2) is 22.0 Å². The fraction of sp³-hybridized carbons (Fsp3) is 0.0435. The zero-order valence-corrected chi connectivity index (χ0v) is 16.9. The monoisotopic (exact) mass is 458 g/mol. The van der Waals surface area contributed by atoms with E-state index in [1.54, 1.807) is 30.3 Å². The van der Waals surface area contributed by atoms with Crippen LogP contribution in [0, 0.1) is 0 Å². The number of aromatic amines is 1. The van der Waals surface area contributed by atoms with Crippen LogP contribution in [0.15, 0.2) is 66.7 Å². The molecular weight excluding hydrogens is 445 g/mol. The third-order valence-corrected chi connectivity index (χ3v) is 5.28. The number of halogens is 4. The van der Waals surface area contributed by atoms with Gasteiger partial charge in [-0.15, -0.1) is 0 Å². The number of carboxylic acids is 1. The van der Waals surface area contributed by atoms with Gasteiger partial charge in [0, 0.05) is 16.6 Å². The number of nitrogens with one attached hydrogen (secondary N) is 2. The van der Waals surface area contributed by atoms with E-state index in [0.717, 1.165) is 6.07 Å². The highest BCUT2D eigenvalue weighted by molar-refractivity contribution is 6.38. The van der Waals surface area contributed by atoms with E-state index in [0.29, 0.717) is 16.5 Å². The van der Waals surface area contributed by atoms with Crippen LogP contribution in [0.4, 0.5) is 18.9 Å². The fourth-order valence-corrected chi connectivity index (χ4v) is 3.75. The van der Waals surface area contributed by atoms with Crippen LogP contribution in [-0.2, 0) is 6.18 Å². The van der Waals surface area contributed by atoms with Crippen LogP contribution in [0.1, 0.15) is 26.4 Å². The predicted octanol–water partition coefficient (Wildman–Crippen LogP) is 6.46. The Balaban J connectivity index is 1.79. The lowest BCUT2D eigenvalue weighted by atomic mass is 9.94. The van der Waals surface area contributed by atoms with Gasteiger partial charge in [-0.25, -0.2) is 4.79 Å². The second-order valence-electron chi connectivity index (χ2n) is 6.93. The number of fused-ring (bicyclic) bond motifs is 1. The average Bonchev–Trinajstić information content (AvgIpc) is 3.09. The van der Waals surface area contributed by atoms with E-state index >= 15 is 0 Å². The molecule has 1 heterocycles. The van der Waals surface area contributed by atoms with E-state index in [9.17, 15) is 27.9 Å². The molecule has 9 heteroatoms. The molecule has 0 saturated carbocycles. The van der Waals surface area contributed by atoms with Gasteiger partial charge in [0.1, 0.15) is 5.69 Å². The normalized spacial score (nSPS) is 11.5. The summed E-state index contributed by atoms with van der Waals surface area (Å²) in [5, 5.41) is 11.9. The number of anilines is 1. The fourth-order valence-electron chi connectivity index (χ4n) is 3.47. The minimum atomic E-state index is -4.75. The number of hydrogen-bond acceptors (Lipinski definition) is 2. The molecule has 3 aromatic carbocycles. The summed E-state index contributed by atoms with van der Waals surface area (Å²) < 4.78 is 41.2. The highest BCUT2D eigenvalue weighted by Crippen LogP contribution is 2.37. The molecule has 0 aliphatic carbocycles. The maximum atomic E-state index is 13.7. The van der Waals surface area contributed by atoms with Crippen molar-refractivity contribution in [1.82, 2.24) is 4.98 Å². The SMILES string of the molecule is O=C(O)c1[nH]c2ccc(NC(=O)c3c(-c4ccccc4)cccc3C(F)(F)F)cc2c1Cl. The van der Waals surface area contributed by atoms with Crippen LogP contribution < -0.4 is 5.32 Å². The second kappa shape index (κ2) is 8.05. The van der Waals surface area contributed by atoms with Crippen molar-refractivity contribution in [2.24, 2.45) is 0 Å².